The first-order chi connectivity index (χ1) is 14.1. The summed E-state index contributed by atoms with van der Waals surface area (Å²) < 4.78 is 10.2. The van der Waals surface area contributed by atoms with Crippen LogP contribution in [0.4, 0.5) is 9.93 Å². The molecule has 0 saturated heterocycles. The predicted octanol–water partition coefficient (Wildman–Crippen LogP) is 3.26. The Hall–Kier alpha value is -3.33. The number of anilines is 1. The number of fused-ring (bicyclic) bond motifs is 1. The van der Waals surface area contributed by atoms with Crippen molar-refractivity contribution in [1.29, 1.82) is 0 Å². The van der Waals surface area contributed by atoms with Gasteiger partial charge in [-0.15, -0.1) is 0 Å². The molecule has 3 aromatic rings. The molecule has 0 spiro atoms. The number of carbonyl (C=O) groups is 2. The fourth-order valence-electron chi connectivity index (χ4n) is 3.02. The molecular weight excluding hydrogens is 392 g/mol. The van der Waals surface area contributed by atoms with Gasteiger partial charge in [-0.25, -0.2) is 9.78 Å². The quantitative estimate of drug-likeness (QED) is 0.670. The van der Waals surface area contributed by atoms with Crippen molar-refractivity contribution in [3.05, 3.63) is 64.6 Å². The zero-order valence-corrected chi connectivity index (χ0v) is 16.6. The Bertz CT molecular complexity index is 998. The molecule has 0 radical (unpaired) electrons. The number of furan rings is 1. The maximum absolute atomic E-state index is 12.5. The second kappa shape index (κ2) is 8.36. The summed E-state index contributed by atoms with van der Waals surface area (Å²) in [7, 11) is 1.62. The van der Waals surface area contributed by atoms with Gasteiger partial charge in [0, 0.05) is 24.4 Å². The Morgan fingerprint density at radius 1 is 1.28 bits per heavy atom. The van der Waals surface area contributed by atoms with Crippen molar-refractivity contribution in [2.75, 3.05) is 19.0 Å². The number of hydrogen-bond donors (Lipinski definition) is 2. The van der Waals surface area contributed by atoms with Gasteiger partial charge in [-0.3, -0.25) is 10.1 Å². The molecule has 2 N–H and O–H groups in total. The van der Waals surface area contributed by atoms with E-state index in [-0.39, 0.29) is 17.7 Å². The van der Waals surface area contributed by atoms with Crippen LogP contribution in [-0.4, -0.2) is 35.5 Å². The second-order valence-corrected chi connectivity index (χ2v) is 7.58. The Balaban J connectivity index is 1.33. The standard InChI is InChI=1S/C20H20N4O4S/c1-27-14-6-4-13(5-7-14)11-21-20(26)24-9-8-15-17(12-24)29-19(22-15)23-18(25)16-3-2-10-28-16/h2-7,10H,8-9,11-12H2,1H3,(H,21,26)(H,22,23,25). The van der Waals surface area contributed by atoms with E-state index < -0.39 is 0 Å². The topological polar surface area (TPSA) is 96.7 Å². The number of methoxy groups -OCH3 is 1. The minimum atomic E-state index is -0.338. The van der Waals surface area contributed by atoms with Crippen LogP contribution >= 0.6 is 11.3 Å². The molecule has 1 aliphatic heterocycles. The number of ether oxygens (including phenoxy) is 1. The summed E-state index contributed by atoms with van der Waals surface area (Å²) in [5.41, 5.74) is 1.92. The number of benzene rings is 1. The van der Waals surface area contributed by atoms with Gasteiger partial charge in [0.25, 0.3) is 5.91 Å². The first-order valence-electron chi connectivity index (χ1n) is 9.11. The predicted molar refractivity (Wildman–Crippen MR) is 108 cm³/mol. The lowest BCUT2D eigenvalue weighted by Gasteiger charge is -2.26. The second-order valence-electron chi connectivity index (χ2n) is 6.50. The molecule has 150 valence electrons. The smallest absolute Gasteiger partial charge is 0.318 e. The third-order valence-corrected chi connectivity index (χ3v) is 5.58. The van der Waals surface area contributed by atoms with E-state index in [4.69, 9.17) is 9.15 Å². The van der Waals surface area contributed by atoms with E-state index in [1.54, 1.807) is 24.1 Å². The Kier molecular flexibility index (Phi) is 5.48. The third-order valence-electron chi connectivity index (χ3n) is 4.59. The molecule has 8 nitrogen and oxygen atoms in total. The van der Waals surface area contributed by atoms with Gasteiger partial charge in [-0.05, 0) is 29.8 Å². The van der Waals surface area contributed by atoms with Crippen molar-refractivity contribution >= 4 is 28.4 Å². The van der Waals surface area contributed by atoms with Crippen LogP contribution in [0.2, 0.25) is 0 Å². The van der Waals surface area contributed by atoms with Crippen LogP contribution < -0.4 is 15.4 Å². The lowest BCUT2D eigenvalue weighted by molar-refractivity contribution is 0.0996. The summed E-state index contributed by atoms with van der Waals surface area (Å²) in [5.74, 6) is 0.677. The number of nitrogens with one attached hydrogen (secondary N) is 2. The molecule has 0 unspecified atom stereocenters. The van der Waals surface area contributed by atoms with E-state index in [1.807, 2.05) is 24.3 Å². The highest BCUT2D eigenvalue weighted by Gasteiger charge is 2.24. The monoisotopic (exact) mass is 412 g/mol. The third kappa shape index (κ3) is 4.40. The van der Waals surface area contributed by atoms with Crippen LogP contribution in [0, 0.1) is 0 Å². The summed E-state index contributed by atoms with van der Waals surface area (Å²) >= 11 is 1.38. The summed E-state index contributed by atoms with van der Waals surface area (Å²) in [5, 5.41) is 6.20. The molecule has 2 aromatic heterocycles. The van der Waals surface area contributed by atoms with Crippen LogP contribution in [0.15, 0.2) is 47.1 Å². The van der Waals surface area contributed by atoms with Crippen LogP contribution in [0.25, 0.3) is 0 Å². The van der Waals surface area contributed by atoms with E-state index in [1.165, 1.54) is 17.6 Å². The van der Waals surface area contributed by atoms with Gasteiger partial charge >= 0.3 is 6.03 Å². The average Bonchev–Trinajstić information content (AvgIpc) is 3.41. The highest BCUT2D eigenvalue weighted by molar-refractivity contribution is 7.15. The van der Waals surface area contributed by atoms with Gasteiger partial charge in [0.05, 0.1) is 25.6 Å². The van der Waals surface area contributed by atoms with Gasteiger partial charge in [0.1, 0.15) is 5.75 Å². The largest absolute Gasteiger partial charge is 0.497 e. The lowest BCUT2D eigenvalue weighted by Crippen LogP contribution is -2.42. The molecule has 29 heavy (non-hydrogen) atoms. The number of nitrogens with zero attached hydrogens (tertiary/aromatic N) is 2. The summed E-state index contributed by atoms with van der Waals surface area (Å²) in [6.07, 6.45) is 2.10. The molecule has 0 aliphatic carbocycles. The van der Waals surface area contributed by atoms with Crippen molar-refractivity contribution in [2.24, 2.45) is 0 Å². The minimum Gasteiger partial charge on any atom is -0.497 e. The molecule has 3 amide bonds. The first kappa shape index (κ1) is 19.0. The van der Waals surface area contributed by atoms with Crippen molar-refractivity contribution in [3.63, 3.8) is 0 Å². The molecule has 0 bridgehead atoms. The highest BCUT2D eigenvalue weighted by Crippen LogP contribution is 2.28. The molecule has 9 heteroatoms. The van der Waals surface area contributed by atoms with Crippen molar-refractivity contribution in [1.82, 2.24) is 15.2 Å². The fourth-order valence-corrected chi connectivity index (χ4v) is 4.04. The molecule has 0 saturated carbocycles. The number of amides is 3. The van der Waals surface area contributed by atoms with Crippen LogP contribution in [0.5, 0.6) is 5.75 Å². The van der Waals surface area contributed by atoms with Crippen LogP contribution in [-0.2, 0) is 19.5 Å². The van der Waals surface area contributed by atoms with Crippen LogP contribution in [0.1, 0.15) is 26.7 Å². The lowest BCUT2D eigenvalue weighted by atomic mass is 10.2. The zero-order valence-electron chi connectivity index (χ0n) is 15.8. The van der Waals surface area contributed by atoms with E-state index in [0.717, 1.165) is 21.9 Å². The number of aromatic nitrogens is 1. The van der Waals surface area contributed by atoms with Crippen molar-refractivity contribution in [3.8, 4) is 5.75 Å². The number of urea groups is 1. The fraction of sp³-hybridized carbons (Fsp3) is 0.250. The molecule has 0 fully saturated rings. The molecule has 1 aromatic carbocycles. The zero-order chi connectivity index (χ0) is 20.2. The highest BCUT2D eigenvalue weighted by atomic mass is 32.1. The minimum absolute atomic E-state index is 0.124. The summed E-state index contributed by atoms with van der Waals surface area (Å²) in [6, 6.07) is 10.7. The molecule has 3 heterocycles. The van der Waals surface area contributed by atoms with E-state index in [2.05, 4.69) is 15.6 Å². The average molecular weight is 412 g/mol. The normalized spacial score (nSPS) is 12.9. The van der Waals surface area contributed by atoms with E-state index in [9.17, 15) is 9.59 Å². The summed E-state index contributed by atoms with van der Waals surface area (Å²) in [6.45, 7) is 1.49. The Morgan fingerprint density at radius 2 is 2.10 bits per heavy atom. The Labute approximate surface area is 171 Å². The number of carbonyl (C=O) groups excluding carboxylic acids is 2. The Morgan fingerprint density at radius 3 is 2.83 bits per heavy atom. The van der Waals surface area contributed by atoms with Gasteiger partial charge in [0.2, 0.25) is 0 Å². The van der Waals surface area contributed by atoms with Gasteiger partial charge in [-0.1, -0.05) is 23.5 Å². The number of rotatable bonds is 5. The molecule has 4 rings (SSSR count). The molecule has 1 aliphatic rings. The molecule has 0 atom stereocenters. The SMILES string of the molecule is COc1ccc(CNC(=O)N2CCc3nc(NC(=O)c4ccco4)sc3C2)cc1. The maximum Gasteiger partial charge on any atom is 0.318 e. The van der Waals surface area contributed by atoms with Gasteiger partial charge < -0.3 is 19.4 Å². The number of thiazole rings is 1. The van der Waals surface area contributed by atoms with Gasteiger partial charge in [0.15, 0.2) is 10.9 Å². The first-order valence-corrected chi connectivity index (χ1v) is 9.93. The van der Waals surface area contributed by atoms with E-state index >= 15 is 0 Å². The van der Waals surface area contributed by atoms with Crippen molar-refractivity contribution < 1.29 is 18.7 Å². The van der Waals surface area contributed by atoms with Gasteiger partial charge in [-0.2, -0.15) is 0 Å². The van der Waals surface area contributed by atoms with Crippen molar-refractivity contribution in [2.45, 2.75) is 19.5 Å². The molecular formula is C20H20N4O4S. The maximum atomic E-state index is 12.5. The van der Waals surface area contributed by atoms with E-state index in [0.29, 0.717) is 31.2 Å². The number of hydrogen-bond acceptors (Lipinski definition) is 6. The summed E-state index contributed by atoms with van der Waals surface area (Å²) in [4.78, 5) is 31.8. The van der Waals surface area contributed by atoms with Crippen LogP contribution in [0.3, 0.4) is 0 Å².